The molecule has 2 rings (SSSR count). The maximum atomic E-state index is 6.09. The Labute approximate surface area is 146 Å². The van der Waals surface area contributed by atoms with Gasteiger partial charge in [0.2, 0.25) is 0 Å². The lowest BCUT2D eigenvalue weighted by Gasteiger charge is -2.18. The number of rotatable bonds is 5. The zero-order chi connectivity index (χ0) is 14.5. The standard InChI is InChI=1S/C15H16I2N2O/c16-11-6-12(14(19)8-18)15(13(17)7-11)20-9-10-4-2-1-3-5-10/h1-7,14H,8-9,18-19H2. The van der Waals surface area contributed by atoms with Crippen LogP contribution in [0.5, 0.6) is 5.75 Å². The van der Waals surface area contributed by atoms with Crippen molar-refractivity contribution in [3.8, 4) is 5.75 Å². The second-order valence-electron chi connectivity index (χ2n) is 4.42. The molecule has 1 atom stereocenters. The van der Waals surface area contributed by atoms with Gasteiger partial charge in [-0.05, 0) is 62.9 Å². The summed E-state index contributed by atoms with van der Waals surface area (Å²) in [6.45, 7) is 0.930. The summed E-state index contributed by atoms with van der Waals surface area (Å²) in [7, 11) is 0. The third-order valence-electron chi connectivity index (χ3n) is 2.92. The van der Waals surface area contributed by atoms with Crippen molar-refractivity contribution < 1.29 is 4.74 Å². The van der Waals surface area contributed by atoms with Crippen molar-refractivity contribution >= 4 is 45.2 Å². The minimum Gasteiger partial charge on any atom is -0.487 e. The van der Waals surface area contributed by atoms with Gasteiger partial charge in [-0.25, -0.2) is 0 Å². The van der Waals surface area contributed by atoms with Crippen LogP contribution in [0, 0.1) is 7.14 Å². The normalized spacial score (nSPS) is 12.2. The molecule has 106 valence electrons. The second-order valence-corrected chi connectivity index (χ2v) is 6.83. The van der Waals surface area contributed by atoms with E-state index in [9.17, 15) is 0 Å². The van der Waals surface area contributed by atoms with Crippen LogP contribution in [0.1, 0.15) is 17.2 Å². The minimum absolute atomic E-state index is 0.205. The molecule has 0 aromatic heterocycles. The first-order valence-electron chi connectivity index (χ1n) is 6.23. The van der Waals surface area contributed by atoms with Crippen molar-refractivity contribution in [3.05, 3.63) is 60.7 Å². The molecule has 0 aliphatic rings. The second kappa shape index (κ2) is 7.58. The molecule has 0 fully saturated rings. The molecule has 3 nitrogen and oxygen atoms in total. The van der Waals surface area contributed by atoms with Gasteiger partial charge >= 0.3 is 0 Å². The van der Waals surface area contributed by atoms with Gasteiger partial charge in [-0.3, -0.25) is 0 Å². The molecule has 1 unspecified atom stereocenters. The van der Waals surface area contributed by atoms with Gasteiger partial charge in [0.1, 0.15) is 12.4 Å². The van der Waals surface area contributed by atoms with E-state index < -0.39 is 0 Å². The summed E-state index contributed by atoms with van der Waals surface area (Å²) in [5.74, 6) is 0.841. The van der Waals surface area contributed by atoms with E-state index in [1.165, 1.54) is 0 Å². The lowest BCUT2D eigenvalue weighted by Crippen LogP contribution is -2.22. The zero-order valence-corrected chi connectivity index (χ0v) is 15.2. The molecule has 0 aliphatic carbocycles. The van der Waals surface area contributed by atoms with E-state index in [1.807, 2.05) is 36.4 Å². The van der Waals surface area contributed by atoms with Crippen LogP contribution in [-0.2, 0) is 6.61 Å². The van der Waals surface area contributed by atoms with Crippen LogP contribution in [0.2, 0.25) is 0 Å². The summed E-state index contributed by atoms with van der Waals surface area (Å²) in [6, 6.07) is 14.0. The molecule has 0 amide bonds. The predicted molar refractivity (Wildman–Crippen MR) is 98.6 cm³/mol. The highest BCUT2D eigenvalue weighted by molar-refractivity contribution is 14.1. The van der Waals surface area contributed by atoms with E-state index in [-0.39, 0.29) is 6.04 Å². The van der Waals surface area contributed by atoms with Gasteiger partial charge in [-0.2, -0.15) is 0 Å². The number of ether oxygens (including phenoxy) is 1. The molecule has 0 saturated heterocycles. The van der Waals surface area contributed by atoms with E-state index in [1.54, 1.807) is 0 Å². The molecule has 0 spiro atoms. The predicted octanol–water partition coefficient (Wildman–Crippen LogP) is 3.43. The van der Waals surface area contributed by atoms with E-state index in [0.29, 0.717) is 13.2 Å². The average Bonchev–Trinajstić information content (AvgIpc) is 2.46. The van der Waals surface area contributed by atoms with Gasteiger partial charge in [0, 0.05) is 21.7 Å². The van der Waals surface area contributed by atoms with Gasteiger partial charge in [0.25, 0.3) is 0 Å². The van der Waals surface area contributed by atoms with Gasteiger partial charge in [-0.1, -0.05) is 30.3 Å². The minimum atomic E-state index is -0.205. The summed E-state index contributed by atoms with van der Waals surface area (Å²) < 4.78 is 8.18. The van der Waals surface area contributed by atoms with E-state index in [0.717, 1.165) is 24.0 Å². The van der Waals surface area contributed by atoms with Crippen LogP contribution in [0.15, 0.2) is 42.5 Å². The SMILES string of the molecule is NCC(N)c1cc(I)cc(I)c1OCc1ccccc1. The van der Waals surface area contributed by atoms with Crippen molar-refractivity contribution in [1.29, 1.82) is 0 Å². The van der Waals surface area contributed by atoms with Crippen LogP contribution in [0.25, 0.3) is 0 Å². The first-order chi connectivity index (χ1) is 9.61. The topological polar surface area (TPSA) is 61.3 Å². The van der Waals surface area contributed by atoms with Crippen molar-refractivity contribution in [2.24, 2.45) is 11.5 Å². The first kappa shape index (κ1) is 16.0. The summed E-state index contributed by atoms with van der Waals surface area (Å²) in [5.41, 5.74) is 13.9. The monoisotopic (exact) mass is 494 g/mol. The lowest BCUT2D eigenvalue weighted by atomic mass is 10.1. The third kappa shape index (κ3) is 4.06. The molecular weight excluding hydrogens is 478 g/mol. The van der Waals surface area contributed by atoms with Gasteiger partial charge in [0.15, 0.2) is 0 Å². The first-order valence-corrected chi connectivity index (χ1v) is 8.39. The molecule has 2 aromatic carbocycles. The average molecular weight is 494 g/mol. The van der Waals surface area contributed by atoms with Crippen LogP contribution >= 0.6 is 45.2 Å². The molecule has 0 bridgehead atoms. The fourth-order valence-electron chi connectivity index (χ4n) is 1.86. The largest absolute Gasteiger partial charge is 0.487 e. The fourth-order valence-corrected chi connectivity index (χ4v) is 3.91. The molecule has 0 saturated carbocycles. The van der Waals surface area contributed by atoms with Crippen molar-refractivity contribution in [2.75, 3.05) is 6.54 Å². The smallest absolute Gasteiger partial charge is 0.138 e. The van der Waals surface area contributed by atoms with Crippen molar-refractivity contribution in [1.82, 2.24) is 0 Å². The van der Waals surface area contributed by atoms with Crippen LogP contribution in [-0.4, -0.2) is 6.54 Å². The fraction of sp³-hybridized carbons (Fsp3) is 0.200. The van der Waals surface area contributed by atoms with Crippen LogP contribution < -0.4 is 16.2 Å². The lowest BCUT2D eigenvalue weighted by molar-refractivity contribution is 0.299. The molecular formula is C15H16I2N2O. The quantitative estimate of drug-likeness (QED) is 0.627. The Bertz CT molecular complexity index is 576. The maximum absolute atomic E-state index is 6.09. The zero-order valence-electron chi connectivity index (χ0n) is 10.9. The summed E-state index contributed by atoms with van der Waals surface area (Å²) in [5, 5.41) is 0. The van der Waals surface area contributed by atoms with Gasteiger partial charge in [0.05, 0.1) is 3.57 Å². The summed E-state index contributed by atoms with van der Waals surface area (Å²) in [4.78, 5) is 0. The number of halogens is 2. The number of nitrogens with two attached hydrogens (primary N) is 2. The highest BCUT2D eigenvalue weighted by atomic mass is 127. The molecule has 20 heavy (non-hydrogen) atoms. The van der Waals surface area contributed by atoms with Crippen molar-refractivity contribution in [2.45, 2.75) is 12.6 Å². The molecule has 0 aliphatic heterocycles. The Morgan fingerprint density at radius 2 is 1.80 bits per heavy atom. The highest BCUT2D eigenvalue weighted by Gasteiger charge is 2.15. The number of benzene rings is 2. The molecule has 5 heteroatoms. The van der Waals surface area contributed by atoms with E-state index >= 15 is 0 Å². The Balaban J connectivity index is 2.26. The van der Waals surface area contributed by atoms with Crippen LogP contribution in [0.3, 0.4) is 0 Å². The Morgan fingerprint density at radius 3 is 2.45 bits per heavy atom. The summed E-state index contributed by atoms with van der Waals surface area (Å²) in [6.07, 6.45) is 0. The third-order valence-corrected chi connectivity index (χ3v) is 4.34. The van der Waals surface area contributed by atoms with Gasteiger partial charge in [-0.15, -0.1) is 0 Å². The number of hydrogen-bond acceptors (Lipinski definition) is 3. The van der Waals surface area contributed by atoms with Crippen LogP contribution in [0.4, 0.5) is 0 Å². The Morgan fingerprint density at radius 1 is 1.10 bits per heavy atom. The molecule has 0 radical (unpaired) electrons. The van der Waals surface area contributed by atoms with E-state index in [4.69, 9.17) is 16.2 Å². The highest BCUT2D eigenvalue weighted by Crippen LogP contribution is 2.32. The van der Waals surface area contributed by atoms with Crippen molar-refractivity contribution in [3.63, 3.8) is 0 Å². The van der Waals surface area contributed by atoms with Gasteiger partial charge < -0.3 is 16.2 Å². The Hall–Kier alpha value is -0.380. The molecule has 2 aromatic rings. The summed E-state index contributed by atoms with van der Waals surface area (Å²) >= 11 is 4.56. The maximum Gasteiger partial charge on any atom is 0.138 e. The molecule has 0 heterocycles. The molecule has 4 N–H and O–H groups in total. The number of hydrogen-bond donors (Lipinski definition) is 2. The Kier molecular flexibility index (Phi) is 6.06. The van der Waals surface area contributed by atoms with E-state index in [2.05, 4.69) is 51.2 Å².